The van der Waals surface area contributed by atoms with E-state index in [1.165, 1.54) is 24.3 Å². The highest BCUT2D eigenvalue weighted by molar-refractivity contribution is 7.85. The third-order valence-corrected chi connectivity index (χ3v) is 3.70. The van der Waals surface area contributed by atoms with Crippen molar-refractivity contribution >= 4 is 27.7 Å². The summed E-state index contributed by atoms with van der Waals surface area (Å²) in [6.45, 7) is 3.51. The minimum atomic E-state index is -4.38. The van der Waals surface area contributed by atoms with Gasteiger partial charge in [-0.2, -0.15) is 8.42 Å². The molecule has 20 heavy (non-hydrogen) atoms. The van der Waals surface area contributed by atoms with E-state index in [2.05, 4.69) is 11.9 Å². The van der Waals surface area contributed by atoms with Crippen molar-refractivity contribution in [2.45, 2.75) is 17.4 Å². The van der Waals surface area contributed by atoms with E-state index in [0.717, 1.165) is 11.0 Å². The van der Waals surface area contributed by atoms with E-state index >= 15 is 0 Å². The van der Waals surface area contributed by atoms with Crippen LogP contribution in [0.5, 0.6) is 0 Å². The predicted octanol–water partition coefficient (Wildman–Crippen LogP) is 0.934. The first-order chi connectivity index (χ1) is 9.34. The highest BCUT2D eigenvalue weighted by atomic mass is 32.2. The molecule has 1 aromatic carbocycles. The fourth-order valence-corrected chi connectivity index (χ4v) is 2.49. The quantitative estimate of drug-likeness (QED) is 0.489. The zero-order valence-corrected chi connectivity index (χ0v) is 11.1. The lowest BCUT2D eigenvalue weighted by atomic mass is 10.1. The van der Waals surface area contributed by atoms with Gasteiger partial charge in [-0.15, -0.1) is 6.58 Å². The summed E-state index contributed by atoms with van der Waals surface area (Å²) in [5.41, 5.74) is 0.204. The van der Waals surface area contributed by atoms with Crippen molar-refractivity contribution in [3.05, 3.63) is 36.9 Å². The number of amides is 3. The van der Waals surface area contributed by atoms with Gasteiger partial charge in [-0.05, 0) is 24.6 Å². The molecule has 0 radical (unpaired) electrons. The van der Waals surface area contributed by atoms with E-state index in [4.69, 9.17) is 4.55 Å². The number of benzene rings is 1. The Labute approximate surface area is 115 Å². The Balaban J connectivity index is 2.46. The van der Waals surface area contributed by atoms with E-state index in [-0.39, 0.29) is 17.0 Å². The van der Waals surface area contributed by atoms with Crippen LogP contribution < -0.4 is 10.2 Å². The fourth-order valence-electron chi connectivity index (χ4n) is 1.97. The summed E-state index contributed by atoms with van der Waals surface area (Å²) >= 11 is 0. The number of urea groups is 1. The van der Waals surface area contributed by atoms with Gasteiger partial charge in [0.1, 0.15) is 6.04 Å². The van der Waals surface area contributed by atoms with Crippen molar-refractivity contribution < 1.29 is 22.6 Å². The SMILES string of the molecule is C=CCC1C(=O)NC(=O)N1c1cccc(S(=O)(=O)O)c1. The number of anilines is 1. The topological polar surface area (TPSA) is 104 Å². The molecule has 1 aliphatic rings. The predicted molar refractivity (Wildman–Crippen MR) is 70.9 cm³/mol. The second kappa shape index (κ2) is 5.06. The molecule has 0 saturated carbocycles. The Morgan fingerprint density at radius 3 is 2.70 bits per heavy atom. The normalized spacial score (nSPS) is 19.1. The van der Waals surface area contributed by atoms with Crippen molar-refractivity contribution in [2.75, 3.05) is 4.90 Å². The third-order valence-electron chi connectivity index (χ3n) is 2.85. The van der Waals surface area contributed by atoms with Crippen LogP contribution in [0.2, 0.25) is 0 Å². The molecule has 1 aliphatic heterocycles. The first kappa shape index (κ1) is 14.2. The summed E-state index contributed by atoms with van der Waals surface area (Å²) in [6, 6.07) is 3.74. The molecule has 2 N–H and O–H groups in total. The number of nitrogens with zero attached hydrogens (tertiary/aromatic N) is 1. The Morgan fingerprint density at radius 1 is 1.40 bits per heavy atom. The van der Waals surface area contributed by atoms with Gasteiger partial charge in [-0.1, -0.05) is 12.1 Å². The number of carbonyl (C=O) groups is 2. The average Bonchev–Trinajstić information content (AvgIpc) is 2.64. The molecule has 1 atom stereocenters. The van der Waals surface area contributed by atoms with E-state index in [9.17, 15) is 18.0 Å². The fraction of sp³-hybridized carbons (Fsp3) is 0.167. The number of hydrogen-bond donors (Lipinski definition) is 2. The number of hydrogen-bond acceptors (Lipinski definition) is 4. The molecular formula is C12H12N2O5S. The molecule has 1 unspecified atom stereocenters. The van der Waals surface area contributed by atoms with Gasteiger partial charge in [0.25, 0.3) is 16.0 Å². The average molecular weight is 296 g/mol. The summed E-state index contributed by atoms with van der Waals surface area (Å²) < 4.78 is 31.2. The summed E-state index contributed by atoms with van der Waals surface area (Å²) in [5.74, 6) is -0.479. The van der Waals surface area contributed by atoms with Crippen LogP contribution in [0, 0.1) is 0 Å². The monoisotopic (exact) mass is 296 g/mol. The molecule has 1 saturated heterocycles. The molecule has 0 spiro atoms. The van der Waals surface area contributed by atoms with Gasteiger partial charge in [0.05, 0.1) is 4.90 Å². The lowest BCUT2D eigenvalue weighted by Gasteiger charge is -2.21. The number of imide groups is 1. The Bertz CT molecular complexity index is 683. The molecule has 3 amide bonds. The summed E-state index contributed by atoms with van der Waals surface area (Å²) in [4.78, 5) is 24.2. The van der Waals surface area contributed by atoms with E-state index in [1.807, 2.05) is 0 Å². The molecule has 1 heterocycles. The van der Waals surface area contributed by atoms with Gasteiger partial charge in [0.15, 0.2) is 0 Å². The van der Waals surface area contributed by atoms with Crippen molar-refractivity contribution in [3.63, 3.8) is 0 Å². The molecule has 7 nitrogen and oxygen atoms in total. The highest BCUT2D eigenvalue weighted by Gasteiger charge is 2.38. The molecule has 1 aromatic rings. The Kier molecular flexibility index (Phi) is 3.60. The molecule has 106 valence electrons. The van der Waals surface area contributed by atoms with Crippen molar-refractivity contribution in [2.24, 2.45) is 0 Å². The third kappa shape index (κ3) is 2.56. The maximum atomic E-state index is 11.8. The van der Waals surface area contributed by atoms with Gasteiger partial charge in [-0.25, -0.2) is 4.79 Å². The van der Waals surface area contributed by atoms with Crippen LogP contribution >= 0.6 is 0 Å². The first-order valence-electron chi connectivity index (χ1n) is 5.67. The maximum absolute atomic E-state index is 11.8. The van der Waals surface area contributed by atoms with Gasteiger partial charge in [0, 0.05) is 5.69 Å². The van der Waals surface area contributed by atoms with Crippen molar-refractivity contribution in [1.29, 1.82) is 0 Å². The lowest BCUT2D eigenvalue weighted by Crippen LogP contribution is -2.34. The van der Waals surface area contributed by atoms with Crippen LogP contribution in [-0.4, -0.2) is 31.0 Å². The van der Waals surface area contributed by atoms with Crippen LogP contribution in [0.1, 0.15) is 6.42 Å². The summed E-state index contributed by atoms with van der Waals surface area (Å²) in [6.07, 6.45) is 1.72. The summed E-state index contributed by atoms with van der Waals surface area (Å²) in [7, 11) is -4.38. The van der Waals surface area contributed by atoms with Crippen molar-refractivity contribution in [1.82, 2.24) is 5.32 Å². The van der Waals surface area contributed by atoms with Gasteiger partial charge in [0.2, 0.25) is 0 Å². The maximum Gasteiger partial charge on any atom is 0.329 e. The van der Waals surface area contributed by atoms with Gasteiger partial charge in [-0.3, -0.25) is 19.6 Å². The number of carbonyl (C=O) groups excluding carboxylic acids is 2. The van der Waals surface area contributed by atoms with Crippen LogP contribution in [0.25, 0.3) is 0 Å². The molecule has 1 fully saturated rings. The largest absolute Gasteiger partial charge is 0.329 e. The standard InChI is InChI=1S/C12H12N2O5S/c1-2-4-10-11(15)13-12(16)14(10)8-5-3-6-9(7-8)20(17,18)19/h2-3,5-7,10H,1,4H2,(H,13,15,16)(H,17,18,19). The van der Waals surface area contributed by atoms with Crippen LogP contribution in [0.15, 0.2) is 41.8 Å². The van der Waals surface area contributed by atoms with Crippen molar-refractivity contribution in [3.8, 4) is 0 Å². The second-order valence-electron chi connectivity index (χ2n) is 4.18. The smallest absolute Gasteiger partial charge is 0.282 e. The van der Waals surface area contributed by atoms with Gasteiger partial charge >= 0.3 is 6.03 Å². The zero-order valence-electron chi connectivity index (χ0n) is 10.3. The molecule has 0 bridgehead atoms. The summed E-state index contributed by atoms with van der Waals surface area (Å²) in [5, 5.41) is 2.15. The van der Waals surface area contributed by atoms with Gasteiger partial charge < -0.3 is 0 Å². The van der Waals surface area contributed by atoms with E-state index in [1.54, 1.807) is 0 Å². The lowest BCUT2D eigenvalue weighted by molar-refractivity contribution is -0.119. The van der Waals surface area contributed by atoms with E-state index in [0.29, 0.717) is 0 Å². The number of nitrogens with one attached hydrogen (secondary N) is 1. The minimum Gasteiger partial charge on any atom is -0.282 e. The molecular weight excluding hydrogens is 284 g/mol. The second-order valence-corrected chi connectivity index (χ2v) is 5.60. The zero-order chi connectivity index (χ0) is 14.9. The van der Waals surface area contributed by atoms with E-state index < -0.39 is 28.1 Å². The first-order valence-corrected chi connectivity index (χ1v) is 7.11. The Morgan fingerprint density at radius 2 is 2.10 bits per heavy atom. The highest BCUT2D eigenvalue weighted by Crippen LogP contribution is 2.25. The minimum absolute atomic E-state index is 0.204. The molecule has 0 aromatic heterocycles. The molecule has 8 heteroatoms. The number of rotatable bonds is 4. The Hall–Kier alpha value is -2.19. The molecule has 2 rings (SSSR count). The van der Waals surface area contributed by atoms with Crippen LogP contribution in [-0.2, 0) is 14.9 Å². The van der Waals surface area contributed by atoms with Crippen LogP contribution in [0.3, 0.4) is 0 Å². The van der Waals surface area contributed by atoms with Crippen LogP contribution in [0.4, 0.5) is 10.5 Å². The molecule has 0 aliphatic carbocycles.